The van der Waals surface area contributed by atoms with Crippen LogP contribution in [0.4, 0.5) is 5.00 Å². The van der Waals surface area contributed by atoms with E-state index in [0.29, 0.717) is 11.6 Å². The van der Waals surface area contributed by atoms with Gasteiger partial charge in [-0.2, -0.15) is 0 Å². The number of anilines is 1. The molecule has 1 aliphatic rings. The second kappa shape index (κ2) is 11.2. The molecular formula is C19H30N4O5S. The van der Waals surface area contributed by atoms with Gasteiger partial charge in [-0.1, -0.05) is 6.92 Å². The number of primary amides is 1. The molecule has 1 saturated heterocycles. The Labute approximate surface area is 174 Å². The predicted octanol–water partition coefficient (Wildman–Crippen LogP) is 0.971. The summed E-state index contributed by atoms with van der Waals surface area (Å²) in [6, 6.07) is 0.435. The third-order valence-electron chi connectivity index (χ3n) is 4.92. The molecule has 1 unspecified atom stereocenters. The normalized spacial score (nSPS) is 16.7. The van der Waals surface area contributed by atoms with Gasteiger partial charge in [0.1, 0.15) is 11.6 Å². The summed E-state index contributed by atoms with van der Waals surface area (Å²) in [5.41, 5.74) is 5.95. The van der Waals surface area contributed by atoms with Gasteiger partial charge in [-0.05, 0) is 38.4 Å². The Morgan fingerprint density at radius 1 is 1.31 bits per heavy atom. The van der Waals surface area contributed by atoms with Crippen molar-refractivity contribution in [3.8, 4) is 0 Å². The fourth-order valence-electron chi connectivity index (χ4n) is 3.44. The Hall–Kier alpha value is -2.01. The first-order valence-corrected chi connectivity index (χ1v) is 10.5. The van der Waals surface area contributed by atoms with Gasteiger partial charge in [0, 0.05) is 19.7 Å². The van der Waals surface area contributed by atoms with E-state index in [2.05, 4.69) is 22.5 Å². The molecule has 0 radical (unpaired) electrons. The van der Waals surface area contributed by atoms with E-state index in [9.17, 15) is 14.4 Å². The van der Waals surface area contributed by atoms with Crippen LogP contribution in [0.3, 0.4) is 0 Å². The standard InChI is InChI=1S/C19H30N4O5S/c1-4-23-7-5-6-13(23)10-21-11-14(24)22-18-15(19(26)28-9-8-27-3)12(2)16(29-18)17(20)25/h13,21H,4-11H2,1-3H3,(H2,20,25)(H,22,24). The van der Waals surface area contributed by atoms with Crippen molar-refractivity contribution in [3.05, 3.63) is 16.0 Å². The maximum atomic E-state index is 12.4. The lowest BCUT2D eigenvalue weighted by atomic mass is 10.1. The highest BCUT2D eigenvalue weighted by atomic mass is 32.1. The Kier molecular flexibility index (Phi) is 9.02. The molecule has 10 heteroatoms. The van der Waals surface area contributed by atoms with E-state index in [1.54, 1.807) is 6.92 Å². The average Bonchev–Trinajstić information content (AvgIpc) is 3.25. The number of nitrogens with two attached hydrogens (primary N) is 1. The second-order valence-corrected chi connectivity index (χ2v) is 7.88. The van der Waals surface area contributed by atoms with Crippen molar-refractivity contribution in [1.29, 1.82) is 0 Å². The van der Waals surface area contributed by atoms with Crippen LogP contribution in [0, 0.1) is 6.92 Å². The lowest BCUT2D eigenvalue weighted by Crippen LogP contribution is -2.40. The molecule has 1 aliphatic heterocycles. The van der Waals surface area contributed by atoms with Crippen molar-refractivity contribution in [2.75, 3.05) is 51.8 Å². The number of nitrogens with one attached hydrogen (secondary N) is 2. The predicted molar refractivity (Wildman–Crippen MR) is 112 cm³/mol. The Morgan fingerprint density at radius 2 is 2.07 bits per heavy atom. The van der Waals surface area contributed by atoms with Gasteiger partial charge in [0.05, 0.1) is 23.6 Å². The number of thiophene rings is 1. The monoisotopic (exact) mass is 426 g/mol. The number of likely N-dealkylation sites (tertiary alicyclic amines) is 1. The summed E-state index contributed by atoms with van der Waals surface area (Å²) in [5.74, 6) is -1.58. The zero-order chi connectivity index (χ0) is 21.4. The first kappa shape index (κ1) is 23.3. The average molecular weight is 427 g/mol. The van der Waals surface area contributed by atoms with Crippen LogP contribution in [0.2, 0.25) is 0 Å². The molecule has 0 aliphatic carbocycles. The van der Waals surface area contributed by atoms with Gasteiger partial charge in [0.15, 0.2) is 0 Å². The minimum absolute atomic E-state index is 0.0702. The third kappa shape index (κ3) is 6.23. The highest BCUT2D eigenvalue weighted by Gasteiger charge is 2.26. The van der Waals surface area contributed by atoms with Crippen molar-refractivity contribution in [2.24, 2.45) is 5.73 Å². The summed E-state index contributed by atoms with van der Waals surface area (Å²) >= 11 is 0.978. The van der Waals surface area contributed by atoms with Gasteiger partial charge in [-0.3, -0.25) is 14.5 Å². The van der Waals surface area contributed by atoms with Gasteiger partial charge >= 0.3 is 5.97 Å². The minimum Gasteiger partial charge on any atom is -0.460 e. The van der Waals surface area contributed by atoms with E-state index < -0.39 is 11.9 Å². The largest absolute Gasteiger partial charge is 0.460 e. The Balaban J connectivity index is 2.00. The van der Waals surface area contributed by atoms with Crippen LogP contribution < -0.4 is 16.4 Å². The van der Waals surface area contributed by atoms with Crippen LogP contribution >= 0.6 is 11.3 Å². The molecule has 2 rings (SSSR count). The number of carbonyl (C=O) groups is 3. The molecule has 9 nitrogen and oxygen atoms in total. The zero-order valence-electron chi connectivity index (χ0n) is 17.2. The number of likely N-dealkylation sites (N-methyl/N-ethyl adjacent to an activating group) is 1. The SMILES string of the molecule is CCN1CCCC1CNCC(=O)Nc1sc(C(N)=O)c(C)c1C(=O)OCCOC. The summed E-state index contributed by atoms with van der Waals surface area (Å²) in [6.45, 7) is 6.98. The minimum atomic E-state index is -0.655. The number of amides is 2. The summed E-state index contributed by atoms with van der Waals surface area (Å²) in [4.78, 5) is 39.1. The lowest BCUT2D eigenvalue weighted by Gasteiger charge is -2.22. The fourth-order valence-corrected chi connectivity index (χ4v) is 4.50. The lowest BCUT2D eigenvalue weighted by molar-refractivity contribution is -0.115. The topological polar surface area (TPSA) is 123 Å². The number of hydrogen-bond acceptors (Lipinski definition) is 8. The molecule has 0 aromatic carbocycles. The van der Waals surface area contributed by atoms with Crippen LogP contribution in [-0.2, 0) is 14.3 Å². The van der Waals surface area contributed by atoms with E-state index >= 15 is 0 Å². The second-order valence-electron chi connectivity index (χ2n) is 6.86. The molecule has 0 spiro atoms. The number of ether oxygens (including phenoxy) is 2. The van der Waals surface area contributed by atoms with E-state index in [-0.39, 0.29) is 41.1 Å². The summed E-state index contributed by atoms with van der Waals surface area (Å²) < 4.78 is 10.0. The molecule has 1 fully saturated rings. The number of rotatable bonds is 11. The summed E-state index contributed by atoms with van der Waals surface area (Å²) in [6.07, 6.45) is 2.29. The first-order chi connectivity index (χ1) is 13.9. The van der Waals surface area contributed by atoms with Gasteiger partial charge in [0.2, 0.25) is 5.91 Å². The van der Waals surface area contributed by atoms with Crippen molar-refractivity contribution >= 4 is 34.1 Å². The molecule has 1 aromatic heterocycles. The number of methoxy groups -OCH3 is 1. The number of nitrogens with zero attached hydrogens (tertiary/aromatic N) is 1. The van der Waals surface area contributed by atoms with Gasteiger partial charge in [0.25, 0.3) is 5.91 Å². The third-order valence-corrected chi connectivity index (χ3v) is 6.14. The number of carbonyl (C=O) groups excluding carboxylic acids is 3. The van der Waals surface area contributed by atoms with E-state index in [0.717, 1.165) is 37.4 Å². The maximum absolute atomic E-state index is 12.4. The summed E-state index contributed by atoms with van der Waals surface area (Å²) in [7, 11) is 1.50. The van der Waals surface area contributed by atoms with Crippen molar-refractivity contribution in [2.45, 2.75) is 32.7 Å². The van der Waals surface area contributed by atoms with Gasteiger partial charge in [-0.15, -0.1) is 11.3 Å². The van der Waals surface area contributed by atoms with E-state index in [1.165, 1.54) is 13.5 Å². The molecule has 1 atom stereocenters. The molecule has 0 bridgehead atoms. The van der Waals surface area contributed by atoms with E-state index in [1.807, 2.05) is 0 Å². The maximum Gasteiger partial charge on any atom is 0.341 e. The first-order valence-electron chi connectivity index (χ1n) is 9.72. The summed E-state index contributed by atoms with van der Waals surface area (Å²) in [5, 5.41) is 6.15. The Bertz CT molecular complexity index is 736. The number of hydrogen-bond donors (Lipinski definition) is 3. The molecular weight excluding hydrogens is 396 g/mol. The zero-order valence-corrected chi connectivity index (χ0v) is 18.0. The molecule has 2 amide bonds. The Morgan fingerprint density at radius 3 is 2.72 bits per heavy atom. The van der Waals surface area contributed by atoms with Crippen molar-refractivity contribution in [3.63, 3.8) is 0 Å². The van der Waals surface area contributed by atoms with Crippen LogP contribution in [-0.4, -0.2) is 75.2 Å². The van der Waals surface area contributed by atoms with Crippen LogP contribution in [0.5, 0.6) is 0 Å². The van der Waals surface area contributed by atoms with Gasteiger partial charge in [-0.25, -0.2) is 4.79 Å². The quantitative estimate of drug-likeness (QED) is 0.356. The van der Waals surface area contributed by atoms with E-state index in [4.69, 9.17) is 15.2 Å². The number of esters is 1. The molecule has 162 valence electrons. The highest BCUT2D eigenvalue weighted by molar-refractivity contribution is 7.18. The van der Waals surface area contributed by atoms with Crippen LogP contribution in [0.1, 0.15) is 45.4 Å². The van der Waals surface area contributed by atoms with Crippen LogP contribution in [0.25, 0.3) is 0 Å². The molecule has 0 saturated carbocycles. The smallest absolute Gasteiger partial charge is 0.341 e. The fraction of sp³-hybridized carbons (Fsp3) is 0.632. The van der Waals surface area contributed by atoms with Gasteiger partial charge < -0.3 is 25.8 Å². The van der Waals surface area contributed by atoms with Crippen molar-refractivity contribution < 1.29 is 23.9 Å². The van der Waals surface area contributed by atoms with Crippen LogP contribution in [0.15, 0.2) is 0 Å². The molecule has 2 heterocycles. The highest BCUT2D eigenvalue weighted by Crippen LogP contribution is 2.33. The molecule has 1 aromatic rings. The molecule has 4 N–H and O–H groups in total. The van der Waals surface area contributed by atoms with Crippen molar-refractivity contribution in [1.82, 2.24) is 10.2 Å². The molecule has 29 heavy (non-hydrogen) atoms.